The summed E-state index contributed by atoms with van der Waals surface area (Å²) in [5, 5.41) is 4.17. The minimum Gasteiger partial charge on any atom is -0.382 e. The van der Waals surface area contributed by atoms with E-state index < -0.39 is 0 Å². The summed E-state index contributed by atoms with van der Waals surface area (Å²) in [5.41, 5.74) is 5.55. The SMILES string of the molecule is Nc1ccn(CCCSCC2CCCC2)n1. The van der Waals surface area contributed by atoms with Gasteiger partial charge in [0.05, 0.1) is 0 Å². The Morgan fingerprint density at radius 2 is 2.25 bits per heavy atom. The number of aromatic nitrogens is 2. The fraction of sp³-hybridized carbons (Fsp3) is 0.750. The number of rotatable bonds is 6. The number of nitrogens with two attached hydrogens (primary N) is 1. The van der Waals surface area contributed by atoms with Crippen LogP contribution in [0.4, 0.5) is 5.82 Å². The molecule has 1 aromatic heterocycles. The predicted octanol–water partition coefficient (Wildman–Crippen LogP) is 2.78. The van der Waals surface area contributed by atoms with Crippen molar-refractivity contribution in [2.45, 2.75) is 38.6 Å². The highest BCUT2D eigenvalue weighted by molar-refractivity contribution is 7.99. The van der Waals surface area contributed by atoms with E-state index in [0.717, 1.165) is 12.5 Å². The summed E-state index contributed by atoms with van der Waals surface area (Å²) in [6.07, 6.45) is 8.98. The second-order valence-corrected chi connectivity index (χ2v) is 5.73. The summed E-state index contributed by atoms with van der Waals surface area (Å²) in [6, 6.07) is 1.85. The Labute approximate surface area is 102 Å². The smallest absolute Gasteiger partial charge is 0.145 e. The standard InChI is InChI=1S/C12H21N3S/c13-12-6-8-15(14-12)7-3-9-16-10-11-4-1-2-5-11/h6,8,11H,1-5,7,9-10H2,(H2,13,14). The lowest BCUT2D eigenvalue weighted by molar-refractivity contribution is 0.604. The van der Waals surface area contributed by atoms with Crippen molar-refractivity contribution in [2.75, 3.05) is 17.2 Å². The Morgan fingerprint density at radius 1 is 1.44 bits per heavy atom. The van der Waals surface area contributed by atoms with Crippen molar-refractivity contribution in [3.8, 4) is 0 Å². The van der Waals surface area contributed by atoms with Gasteiger partial charge in [0.1, 0.15) is 5.82 Å². The van der Waals surface area contributed by atoms with Crippen molar-refractivity contribution in [1.82, 2.24) is 9.78 Å². The lowest BCUT2D eigenvalue weighted by Gasteiger charge is -2.07. The van der Waals surface area contributed by atoms with Gasteiger partial charge in [-0.15, -0.1) is 0 Å². The number of hydrogen-bond donors (Lipinski definition) is 1. The number of aryl methyl sites for hydroxylation is 1. The molecular weight excluding hydrogens is 218 g/mol. The Morgan fingerprint density at radius 3 is 2.94 bits per heavy atom. The van der Waals surface area contributed by atoms with Crippen molar-refractivity contribution < 1.29 is 0 Å². The van der Waals surface area contributed by atoms with Crippen molar-refractivity contribution >= 4 is 17.6 Å². The number of nitrogens with zero attached hydrogens (tertiary/aromatic N) is 2. The molecule has 0 atom stereocenters. The van der Waals surface area contributed by atoms with Gasteiger partial charge in [-0.2, -0.15) is 16.9 Å². The van der Waals surface area contributed by atoms with Gasteiger partial charge in [0.15, 0.2) is 0 Å². The van der Waals surface area contributed by atoms with Crippen LogP contribution in [-0.4, -0.2) is 21.3 Å². The van der Waals surface area contributed by atoms with Crippen LogP contribution < -0.4 is 5.73 Å². The average molecular weight is 239 g/mol. The monoisotopic (exact) mass is 239 g/mol. The van der Waals surface area contributed by atoms with E-state index >= 15 is 0 Å². The van der Waals surface area contributed by atoms with Gasteiger partial charge < -0.3 is 5.73 Å². The predicted molar refractivity (Wildman–Crippen MR) is 70.5 cm³/mol. The molecule has 90 valence electrons. The van der Waals surface area contributed by atoms with E-state index in [-0.39, 0.29) is 0 Å². The molecule has 0 spiro atoms. The Kier molecular flexibility index (Phi) is 4.57. The summed E-state index contributed by atoms with van der Waals surface area (Å²) in [4.78, 5) is 0. The highest BCUT2D eigenvalue weighted by Crippen LogP contribution is 2.27. The summed E-state index contributed by atoms with van der Waals surface area (Å²) in [6.45, 7) is 0.995. The van der Waals surface area contributed by atoms with Gasteiger partial charge in [-0.1, -0.05) is 12.8 Å². The fourth-order valence-corrected chi connectivity index (χ4v) is 3.42. The Hall–Kier alpha value is -0.640. The summed E-state index contributed by atoms with van der Waals surface area (Å²) in [5.74, 6) is 4.24. The largest absolute Gasteiger partial charge is 0.382 e. The zero-order valence-electron chi connectivity index (χ0n) is 9.77. The molecule has 0 unspecified atom stereocenters. The van der Waals surface area contributed by atoms with Crippen LogP contribution in [0.25, 0.3) is 0 Å². The molecule has 16 heavy (non-hydrogen) atoms. The van der Waals surface area contributed by atoms with Crippen molar-refractivity contribution in [2.24, 2.45) is 5.92 Å². The highest BCUT2D eigenvalue weighted by Gasteiger charge is 2.14. The average Bonchev–Trinajstić information content (AvgIpc) is 2.89. The molecule has 3 nitrogen and oxygen atoms in total. The third-order valence-corrected chi connectivity index (χ3v) is 4.45. The van der Waals surface area contributed by atoms with Crippen molar-refractivity contribution in [3.05, 3.63) is 12.3 Å². The molecule has 1 aliphatic carbocycles. The molecule has 0 radical (unpaired) electrons. The minimum atomic E-state index is 0.624. The first-order valence-corrected chi connectivity index (χ1v) is 7.37. The van der Waals surface area contributed by atoms with E-state index in [1.165, 1.54) is 43.6 Å². The molecule has 4 heteroatoms. The number of nitrogen functional groups attached to an aromatic ring is 1. The highest BCUT2D eigenvalue weighted by atomic mass is 32.2. The van der Waals surface area contributed by atoms with E-state index in [2.05, 4.69) is 16.9 Å². The maximum absolute atomic E-state index is 5.55. The molecule has 0 saturated heterocycles. The maximum Gasteiger partial charge on any atom is 0.145 e. The van der Waals surface area contributed by atoms with Crippen molar-refractivity contribution in [1.29, 1.82) is 0 Å². The van der Waals surface area contributed by atoms with Gasteiger partial charge >= 0.3 is 0 Å². The molecule has 2 rings (SSSR count). The van der Waals surface area contributed by atoms with Crippen LogP contribution in [0.3, 0.4) is 0 Å². The zero-order valence-corrected chi connectivity index (χ0v) is 10.6. The molecule has 1 aliphatic rings. The molecule has 0 aromatic carbocycles. The lowest BCUT2D eigenvalue weighted by Crippen LogP contribution is -2.02. The molecule has 1 saturated carbocycles. The first kappa shape index (κ1) is 11.8. The summed E-state index contributed by atoms with van der Waals surface area (Å²) >= 11 is 2.10. The van der Waals surface area contributed by atoms with Crippen LogP contribution in [0.2, 0.25) is 0 Å². The second-order valence-electron chi connectivity index (χ2n) is 4.58. The molecule has 1 aromatic rings. The van der Waals surface area contributed by atoms with Gasteiger partial charge in [-0.05, 0) is 42.8 Å². The molecule has 2 N–H and O–H groups in total. The van der Waals surface area contributed by atoms with E-state index in [0.29, 0.717) is 5.82 Å². The van der Waals surface area contributed by atoms with E-state index in [9.17, 15) is 0 Å². The zero-order chi connectivity index (χ0) is 11.2. The quantitative estimate of drug-likeness (QED) is 0.776. The minimum absolute atomic E-state index is 0.624. The van der Waals surface area contributed by atoms with Gasteiger partial charge in [-0.3, -0.25) is 4.68 Å². The summed E-state index contributed by atoms with van der Waals surface area (Å²) in [7, 11) is 0. The van der Waals surface area contributed by atoms with Crippen LogP contribution >= 0.6 is 11.8 Å². The molecule has 0 aliphatic heterocycles. The summed E-state index contributed by atoms with van der Waals surface area (Å²) < 4.78 is 1.94. The topological polar surface area (TPSA) is 43.8 Å². The van der Waals surface area contributed by atoms with Crippen LogP contribution in [0.15, 0.2) is 12.3 Å². The Balaban J connectivity index is 1.51. The van der Waals surface area contributed by atoms with Crippen LogP contribution in [0.5, 0.6) is 0 Å². The van der Waals surface area contributed by atoms with E-state index in [1.54, 1.807) is 0 Å². The van der Waals surface area contributed by atoms with E-state index in [4.69, 9.17) is 5.73 Å². The van der Waals surface area contributed by atoms with Crippen LogP contribution in [0.1, 0.15) is 32.1 Å². The normalized spacial score (nSPS) is 17.0. The number of hydrogen-bond acceptors (Lipinski definition) is 3. The Bertz CT molecular complexity index is 305. The van der Waals surface area contributed by atoms with Crippen LogP contribution in [-0.2, 0) is 6.54 Å². The molecule has 1 fully saturated rings. The molecule has 0 amide bonds. The fourth-order valence-electron chi connectivity index (χ4n) is 2.26. The molecule has 1 heterocycles. The van der Waals surface area contributed by atoms with Gasteiger partial charge in [0.2, 0.25) is 0 Å². The van der Waals surface area contributed by atoms with Crippen molar-refractivity contribution in [3.63, 3.8) is 0 Å². The van der Waals surface area contributed by atoms with Crippen LogP contribution in [0, 0.1) is 5.92 Å². The number of thioether (sulfide) groups is 1. The second kappa shape index (κ2) is 6.18. The third-order valence-electron chi connectivity index (χ3n) is 3.17. The first-order chi connectivity index (χ1) is 7.84. The van der Waals surface area contributed by atoms with Gasteiger partial charge in [0.25, 0.3) is 0 Å². The molecule has 0 bridgehead atoms. The lowest BCUT2D eigenvalue weighted by atomic mass is 10.1. The van der Waals surface area contributed by atoms with E-state index in [1.807, 2.05) is 16.9 Å². The van der Waals surface area contributed by atoms with Gasteiger partial charge in [-0.25, -0.2) is 0 Å². The maximum atomic E-state index is 5.55. The number of anilines is 1. The van der Waals surface area contributed by atoms with Gasteiger partial charge in [0, 0.05) is 12.7 Å². The first-order valence-electron chi connectivity index (χ1n) is 6.21. The molecular formula is C12H21N3S. The third kappa shape index (κ3) is 3.74.